The third-order valence-electron chi connectivity index (χ3n) is 4.18. The second kappa shape index (κ2) is 7.35. The Morgan fingerprint density at radius 1 is 1.17 bits per heavy atom. The molecule has 2 rings (SSSR count). The molecule has 0 spiro atoms. The Kier molecular flexibility index (Phi) is 5.47. The average molecular weight is 314 g/mol. The average Bonchev–Trinajstić information content (AvgIpc) is 2.60. The molecule has 0 fully saturated rings. The summed E-state index contributed by atoms with van der Waals surface area (Å²) < 4.78 is 0. The number of rotatable bonds is 6. The number of hydrogen-bond donors (Lipinski definition) is 3. The van der Waals surface area contributed by atoms with Gasteiger partial charge in [0.05, 0.1) is 24.4 Å². The van der Waals surface area contributed by atoms with Crippen LogP contribution in [0.15, 0.2) is 42.6 Å². The maximum atomic E-state index is 12.6. The van der Waals surface area contributed by atoms with E-state index in [-0.39, 0.29) is 19.1 Å². The second-order valence-electron chi connectivity index (χ2n) is 5.60. The van der Waals surface area contributed by atoms with Gasteiger partial charge < -0.3 is 15.5 Å². The molecule has 0 aliphatic heterocycles. The van der Waals surface area contributed by atoms with E-state index in [1.54, 1.807) is 18.3 Å². The number of aromatic nitrogens is 1. The zero-order chi connectivity index (χ0) is 16.9. The summed E-state index contributed by atoms with van der Waals surface area (Å²) in [6, 6.07) is 11.1. The van der Waals surface area contributed by atoms with E-state index in [1.807, 2.05) is 38.1 Å². The van der Waals surface area contributed by atoms with E-state index in [2.05, 4.69) is 10.3 Å². The van der Waals surface area contributed by atoms with Crippen molar-refractivity contribution in [1.82, 2.24) is 10.3 Å². The fourth-order valence-corrected chi connectivity index (χ4v) is 2.43. The lowest BCUT2D eigenvalue weighted by Crippen LogP contribution is -2.53. The minimum absolute atomic E-state index is 0.315. The minimum atomic E-state index is -1.01. The fraction of sp³-hybridized carbons (Fsp3) is 0.333. The highest BCUT2D eigenvalue weighted by atomic mass is 16.3. The molecule has 1 aromatic carbocycles. The zero-order valence-electron chi connectivity index (χ0n) is 13.4. The summed E-state index contributed by atoms with van der Waals surface area (Å²) in [5.41, 5.74) is 1.99. The second-order valence-corrected chi connectivity index (χ2v) is 5.60. The van der Waals surface area contributed by atoms with Crippen LogP contribution < -0.4 is 5.32 Å². The van der Waals surface area contributed by atoms with Crippen molar-refractivity contribution in [3.63, 3.8) is 0 Å². The summed E-state index contributed by atoms with van der Waals surface area (Å²) >= 11 is 0. The lowest BCUT2D eigenvalue weighted by Gasteiger charge is -2.30. The van der Waals surface area contributed by atoms with Gasteiger partial charge in [0.25, 0.3) is 5.91 Å². The van der Waals surface area contributed by atoms with E-state index in [1.165, 1.54) is 0 Å². The van der Waals surface area contributed by atoms with Gasteiger partial charge in [-0.05, 0) is 37.1 Å². The first-order valence-electron chi connectivity index (χ1n) is 7.62. The molecule has 0 aliphatic carbocycles. The molecule has 23 heavy (non-hydrogen) atoms. The first kappa shape index (κ1) is 17.1. The standard InChI is InChI=1S/C18H22N2O3/c1-3-18(11-21,12-22)20-17(23)15-8-6-7-14(13(15)2)16-9-4-5-10-19-16/h4-10,21-22H,3,11-12H2,1-2H3,(H,20,23). The number of carbonyl (C=O) groups is 1. The van der Waals surface area contributed by atoms with Gasteiger partial charge in [-0.15, -0.1) is 0 Å². The van der Waals surface area contributed by atoms with Crippen LogP contribution in [0.1, 0.15) is 29.3 Å². The van der Waals surface area contributed by atoms with Crippen LogP contribution in [0.2, 0.25) is 0 Å². The van der Waals surface area contributed by atoms with Crippen molar-refractivity contribution in [2.75, 3.05) is 13.2 Å². The van der Waals surface area contributed by atoms with Gasteiger partial charge in [-0.2, -0.15) is 0 Å². The van der Waals surface area contributed by atoms with E-state index in [0.29, 0.717) is 12.0 Å². The first-order valence-corrected chi connectivity index (χ1v) is 7.62. The van der Waals surface area contributed by atoms with E-state index >= 15 is 0 Å². The molecule has 0 radical (unpaired) electrons. The van der Waals surface area contributed by atoms with Crippen LogP contribution >= 0.6 is 0 Å². The highest BCUT2D eigenvalue weighted by molar-refractivity contribution is 5.97. The normalized spacial score (nSPS) is 11.3. The number of aliphatic hydroxyl groups is 2. The van der Waals surface area contributed by atoms with Crippen LogP contribution in [0, 0.1) is 6.92 Å². The van der Waals surface area contributed by atoms with Crippen molar-refractivity contribution < 1.29 is 15.0 Å². The van der Waals surface area contributed by atoms with E-state index in [0.717, 1.165) is 16.8 Å². The maximum absolute atomic E-state index is 12.6. The summed E-state index contributed by atoms with van der Waals surface area (Å²) in [5.74, 6) is -0.315. The predicted octanol–water partition coefficient (Wildman–Crippen LogP) is 1.92. The van der Waals surface area contributed by atoms with Crippen molar-refractivity contribution in [2.45, 2.75) is 25.8 Å². The molecule has 1 amide bonds. The molecule has 3 N–H and O–H groups in total. The maximum Gasteiger partial charge on any atom is 0.252 e. The van der Waals surface area contributed by atoms with Gasteiger partial charge in [0.1, 0.15) is 0 Å². The van der Waals surface area contributed by atoms with E-state index in [9.17, 15) is 15.0 Å². The Morgan fingerprint density at radius 2 is 1.91 bits per heavy atom. The topological polar surface area (TPSA) is 82.5 Å². The molecule has 0 saturated carbocycles. The van der Waals surface area contributed by atoms with Gasteiger partial charge >= 0.3 is 0 Å². The third-order valence-corrected chi connectivity index (χ3v) is 4.18. The molecule has 0 atom stereocenters. The molecule has 1 aromatic heterocycles. The first-order chi connectivity index (χ1) is 11.1. The largest absolute Gasteiger partial charge is 0.394 e. The Balaban J connectivity index is 2.36. The number of hydrogen-bond acceptors (Lipinski definition) is 4. The van der Waals surface area contributed by atoms with E-state index < -0.39 is 5.54 Å². The fourth-order valence-electron chi connectivity index (χ4n) is 2.43. The number of pyridine rings is 1. The van der Waals surface area contributed by atoms with Gasteiger partial charge in [0, 0.05) is 17.3 Å². The molecule has 1 heterocycles. The predicted molar refractivity (Wildman–Crippen MR) is 89.1 cm³/mol. The molecular formula is C18H22N2O3. The molecule has 122 valence electrons. The Morgan fingerprint density at radius 3 is 2.48 bits per heavy atom. The quantitative estimate of drug-likeness (QED) is 0.761. The van der Waals surface area contributed by atoms with Gasteiger partial charge in [-0.1, -0.05) is 25.1 Å². The minimum Gasteiger partial charge on any atom is -0.394 e. The van der Waals surface area contributed by atoms with Crippen molar-refractivity contribution in [3.05, 3.63) is 53.7 Å². The lowest BCUT2D eigenvalue weighted by atomic mass is 9.95. The summed E-state index contributed by atoms with van der Waals surface area (Å²) in [6.45, 7) is 3.05. The zero-order valence-corrected chi connectivity index (χ0v) is 13.4. The molecular weight excluding hydrogens is 292 g/mol. The molecule has 2 aromatic rings. The highest BCUT2D eigenvalue weighted by Crippen LogP contribution is 2.24. The molecule has 5 nitrogen and oxygen atoms in total. The highest BCUT2D eigenvalue weighted by Gasteiger charge is 2.29. The lowest BCUT2D eigenvalue weighted by molar-refractivity contribution is 0.0652. The van der Waals surface area contributed by atoms with Crippen LogP contribution in [0.4, 0.5) is 0 Å². The number of aliphatic hydroxyl groups excluding tert-OH is 2. The van der Waals surface area contributed by atoms with E-state index in [4.69, 9.17) is 0 Å². The van der Waals surface area contributed by atoms with Crippen molar-refractivity contribution in [2.24, 2.45) is 0 Å². The van der Waals surface area contributed by atoms with Crippen LogP contribution in [0.25, 0.3) is 11.3 Å². The summed E-state index contributed by atoms with van der Waals surface area (Å²) in [6.07, 6.45) is 2.14. The Labute approximate surface area is 136 Å². The SMILES string of the molecule is CCC(CO)(CO)NC(=O)c1cccc(-c2ccccn2)c1C. The van der Waals surface area contributed by atoms with Gasteiger partial charge in [-0.25, -0.2) is 0 Å². The molecule has 0 aliphatic rings. The van der Waals surface area contributed by atoms with Gasteiger partial charge in [0.2, 0.25) is 0 Å². The van der Waals surface area contributed by atoms with Gasteiger partial charge in [-0.3, -0.25) is 9.78 Å². The molecule has 5 heteroatoms. The monoisotopic (exact) mass is 314 g/mol. The summed E-state index contributed by atoms with van der Waals surface area (Å²) in [5, 5.41) is 21.7. The van der Waals surface area contributed by atoms with Crippen LogP contribution in [0.3, 0.4) is 0 Å². The number of amides is 1. The summed E-state index contributed by atoms with van der Waals surface area (Å²) in [4.78, 5) is 16.9. The molecule has 0 unspecified atom stereocenters. The summed E-state index contributed by atoms with van der Waals surface area (Å²) in [7, 11) is 0. The van der Waals surface area contributed by atoms with Crippen LogP contribution in [-0.4, -0.2) is 39.9 Å². The number of carbonyl (C=O) groups excluding carboxylic acids is 1. The van der Waals surface area contributed by atoms with Gasteiger partial charge in [0.15, 0.2) is 0 Å². The smallest absolute Gasteiger partial charge is 0.252 e. The molecule has 0 bridgehead atoms. The van der Waals surface area contributed by atoms with Crippen LogP contribution in [-0.2, 0) is 0 Å². The Bertz CT molecular complexity index is 659. The van der Waals surface area contributed by atoms with Crippen molar-refractivity contribution in [3.8, 4) is 11.3 Å². The number of nitrogens with one attached hydrogen (secondary N) is 1. The third kappa shape index (κ3) is 3.57. The van der Waals surface area contributed by atoms with Crippen molar-refractivity contribution in [1.29, 1.82) is 0 Å². The van der Waals surface area contributed by atoms with Crippen molar-refractivity contribution >= 4 is 5.91 Å². The number of benzene rings is 1. The molecule has 0 saturated heterocycles. The number of nitrogens with zero attached hydrogens (tertiary/aromatic N) is 1. The van der Waals surface area contributed by atoms with Crippen LogP contribution in [0.5, 0.6) is 0 Å². The Hall–Kier alpha value is -2.24.